The first-order chi connectivity index (χ1) is 10.6. The van der Waals surface area contributed by atoms with Crippen LogP contribution in [0.1, 0.15) is 18.4 Å². The first kappa shape index (κ1) is 14.3. The van der Waals surface area contributed by atoms with Crippen molar-refractivity contribution in [2.75, 3.05) is 0 Å². The maximum atomic E-state index is 12.2. The number of imide groups is 1. The Balaban J connectivity index is 1.71. The Morgan fingerprint density at radius 1 is 1.14 bits per heavy atom. The number of rotatable bonds is 3. The molecule has 1 saturated heterocycles. The molecule has 0 bridgehead atoms. The predicted octanol–water partition coefficient (Wildman–Crippen LogP) is 1.30. The largest absolute Gasteiger partial charge is 0.344 e. The van der Waals surface area contributed by atoms with Crippen molar-refractivity contribution < 1.29 is 14.4 Å². The van der Waals surface area contributed by atoms with E-state index >= 15 is 0 Å². The molecule has 0 saturated carbocycles. The van der Waals surface area contributed by atoms with Crippen LogP contribution in [0.2, 0.25) is 0 Å². The number of hydrogen-bond acceptors (Lipinski definition) is 3. The van der Waals surface area contributed by atoms with Crippen molar-refractivity contribution in [3.05, 3.63) is 48.0 Å². The minimum Gasteiger partial charge on any atom is -0.344 e. The van der Waals surface area contributed by atoms with Gasteiger partial charge < -0.3 is 5.32 Å². The van der Waals surface area contributed by atoms with E-state index in [1.54, 1.807) is 0 Å². The molecule has 1 aliphatic rings. The fourth-order valence-electron chi connectivity index (χ4n) is 2.70. The summed E-state index contributed by atoms with van der Waals surface area (Å²) in [6, 6.07) is 13.1. The molecular formula is C17H16N2O3. The summed E-state index contributed by atoms with van der Waals surface area (Å²) in [4.78, 5) is 34.9. The number of carbonyl (C=O) groups is 3. The molecule has 2 aromatic rings. The van der Waals surface area contributed by atoms with Crippen LogP contribution in [0.4, 0.5) is 0 Å². The minimum atomic E-state index is -0.625. The Morgan fingerprint density at radius 2 is 1.91 bits per heavy atom. The summed E-state index contributed by atoms with van der Waals surface area (Å²) < 4.78 is 0. The Bertz CT molecular complexity index is 749. The van der Waals surface area contributed by atoms with Crippen molar-refractivity contribution in [1.82, 2.24) is 10.6 Å². The van der Waals surface area contributed by atoms with Crippen LogP contribution in [0, 0.1) is 0 Å². The number of amides is 3. The predicted molar refractivity (Wildman–Crippen MR) is 82.0 cm³/mol. The average Bonchev–Trinajstić information content (AvgIpc) is 2.50. The summed E-state index contributed by atoms with van der Waals surface area (Å²) in [7, 11) is 0. The van der Waals surface area contributed by atoms with Gasteiger partial charge in [0.1, 0.15) is 6.04 Å². The summed E-state index contributed by atoms with van der Waals surface area (Å²) in [6.07, 6.45) is 0.815. The van der Waals surface area contributed by atoms with Crippen molar-refractivity contribution in [3.63, 3.8) is 0 Å². The molecule has 1 fully saturated rings. The van der Waals surface area contributed by atoms with Crippen LogP contribution >= 0.6 is 0 Å². The number of carbonyl (C=O) groups excluding carboxylic acids is 3. The molecule has 0 aromatic heterocycles. The topological polar surface area (TPSA) is 75.3 Å². The molecule has 0 aliphatic carbocycles. The van der Waals surface area contributed by atoms with Gasteiger partial charge in [-0.2, -0.15) is 0 Å². The molecule has 1 atom stereocenters. The maximum absolute atomic E-state index is 12.2. The van der Waals surface area contributed by atoms with Gasteiger partial charge in [-0.25, -0.2) is 0 Å². The molecule has 5 heteroatoms. The zero-order chi connectivity index (χ0) is 15.5. The van der Waals surface area contributed by atoms with Gasteiger partial charge in [0.2, 0.25) is 17.7 Å². The molecule has 3 rings (SSSR count). The number of piperidine rings is 1. The van der Waals surface area contributed by atoms with Crippen LogP contribution in [-0.2, 0) is 20.8 Å². The Kier molecular flexibility index (Phi) is 3.87. The summed E-state index contributed by atoms with van der Waals surface area (Å²) >= 11 is 0. The molecule has 0 spiro atoms. The molecule has 0 radical (unpaired) electrons. The summed E-state index contributed by atoms with van der Waals surface area (Å²) in [5.41, 5.74) is 0.919. The maximum Gasteiger partial charge on any atom is 0.249 e. The van der Waals surface area contributed by atoms with Crippen molar-refractivity contribution in [2.45, 2.75) is 25.3 Å². The highest BCUT2D eigenvalue weighted by atomic mass is 16.2. The van der Waals surface area contributed by atoms with Gasteiger partial charge in [0.05, 0.1) is 6.42 Å². The zero-order valence-corrected chi connectivity index (χ0v) is 12.0. The van der Waals surface area contributed by atoms with Crippen molar-refractivity contribution in [3.8, 4) is 0 Å². The van der Waals surface area contributed by atoms with Gasteiger partial charge in [-0.05, 0) is 22.8 Å². The van der Waals surface area contributed by atoms with Crippen LogP contribution < -0.4 is 10.6 Å². The lowest BCUT2D eigenvalue weighted by Gasteiger charge is -2.21. The molecule has 2 N–H and O–H groups in total. The van der Waals surface area contributed by atoms with E-state index in [9.17, 15) is 14.4 Å². The number of fused-ring (bicyclic) bond motifs is 1. The van der Waals surface area contributed by atoms with E-state index < -0.39 is 11.9 Å². The normalized spacial score (nSPS) is 18.1. The lowest BCUT2D eigenvalue weighted by atomic mass is 10.0. The van der Waals surface area contributed by atoms with Crippen molar-refractivity contribution >= 4 is 28.5 Å². The number of hydrogen-bond donors (Lipinski definition) is 2. The molecule has 112 valence electrons. The fourth-order valence-corrected chi connectivity index (χ4v) is 2.70. The van der Waals surface area contributed by atoms with Crippen molar-refractivity contribution in [1.29, 1.82) is 0 Å². The molecule has 22 heavy (non-hydrogen) atoms. The Morgan fingerprint density at radius 3 is 2.73 bits per heavy atom. The second-order valence-corrected chi connectivity index (χ2v) is 5.39. The van der Waals surface area contributed by atoms with Crippen LogP contribution in [0.3, 0.4) is 0 Å². The molecular weight excluding hydrogens is 280 g/mol. The second kappa shape index (κ2) is 5.97. The summed E-state index contributed by atoms with van der Waals surface area (Å²) in [6.45, 7) is 0. The van der Waals surface area contributed by atoms with E-state index in [1.807, 2.05) is 42.5 Å². The molecule has 3 amide bonds. The van der Waals surface area contributed by atoms with Gasteiger partial charge in [-0.1, -0.05) is 42.5 Å². The van der Waals surface area contributed by atoms with Crippen molar-refractivity contribution in [2.24, 2.45) is 0 Å². The standard InChI is InChI=1S/C17H16N2O3/c20-15-9-8-14(17(22)19-15)18-16(21)10-12-6-3-5-11-4-1-2-7-13(11)12/h1-7,14H,8-10H2,(H,18,21)(H,19,20,22). The van der Waals surface area contributed by atoms with Gasteiger partial charge in [0.15, 0.2) is 0 Å². The highest BCUT2D eigenvalue weighted by Gasteiger charge is 2.27. The third-order valence-corrected chi connectivity index (χ3v) is 3.81. The number of benzene rings is 2. The van der Waals surface area contributed by atoms with Gasteiger partial charge in [-0.3, -0.25) is 19.7 Å². The lowest BCUT2D eigenvalue weighted by Crippen LogP contribution is -2.52. The monoisotopic (exact) mass is 296 g/mol. The van der Waals surface area contributed by atoms with Crippen LogP contribution in [-0.4, -0.2) is 23.8 Å². The third kappa shape index (κ3) is 2.98. The summed E-state index contributed by atoms with van der Waals surface area (Å²) in [5.74, 6) is -0.932. The van der Waals surface area contributed by atoms with E-state index in [4.69, 9.17) is 0 Å². The van der Waals surface area contributed by atoms with E-state index in [-0.39, 0.29) is 24.7 Å². The van der Waals surface area contributed by atoms with Gasteiger partial charge in [0.25, 0.3) is 0 Å². The highest BCUT2D eigenvalue weighted by molar-refractivity contribution is 6.02. The first-order valence-electron chi connectivity index (χ1n) is 7.23. The quantitative estimate of drug-likeness (QED) is 0.838. The lowest BCUT2D eigenvalue weighted by molar-refractivity contribution is -0.137. The Hall–Kier alpha value is -2.69. The molecule has 1 heterocycles. The van der Waals surface area contributed by atoms with Crippen LogP contribution in [0.25, 0.3) is 10.8 Å². The average molecular weight is 296 g/mol. The highest BCUT2D eigenvalue weighted by Crippen LogP contribution is 2.19. The van der Waals surface area contributed by atoms with E-state index in [0.29, 0.717) is 6.42 Å². The van der Waals surface area contributed by atoms with Gasteiger partial charge >= 0.3 is 0 Å². The summed E-state index contributed by atoms with van der Waals surface area (Å²) in [5, 5.41) is 7.04. The zero-order valence-electron chi connectivity index (χ0n) is 12.0. The minimum absolute atomic E-state index is 0.207. The van der Waals surface area contributed by atoms with Crippen LogP contribution in [0.5, 0.6) is 0 Å². The van der Waals surface area contributed by atoms with E-state index in [2.05, 4.69) is 10.6 Å². The van der Waals surface area contributed by atoms with Crippen LogP contribution in [0.15, 0.2) is 42.5 Å². The van der Waals surface area contributed by atoms with Gasteiger partial charge in [0, 0.05) is 6.42 Å². The number of nitrogens with one attached hydrogen (secondary N) is 2. The molecule has 1 unspecified atom stereocenters. The first-order valence-corrected chi connectivity index (χ1v) is 7.23. The SMILES string of the molecule is O=C1CCC(NC(=O)Cc2cccc3ccccc23)C(=O)N1. The fraction of sp³-hybridized carbons (Fsp3) is 0.235. The smallest absolute Gasteiger partial charge is 0.249 e. The Labute approximate surface area is 127 Å². The van der Waals surface area contributed by atoms with Gasteiger partial charge in [-0.15, -0.1) is 0 Å². The molecule has 5 nitrogen and oxygen atoms in total. The van der Waals surface area contributed by atoms with E-state index in [1.165, 1.54) is 0 Å². The molecule has 2 aromatic carbocycles. The molecule has 1 aliphatic heterocycles. The second-order valence-electron chi connectivity index (χ2n) is 5.39. The third-order valence-electron chi connectivity index (χ3n) is 3.81. The van der Waals surface area contributed by atoms with E-state index in [0.717, 1.165) is 16.3 Å².